The van der Waals surface area contributed by atoms with Crippen LogP contribution in [0.3, 0.4) is 0 Å². The van der Waals surface area contributed by atoms with Crippen molar-refractivity contribution < 1.29 is 23.1 Å². The summed E-state index contributed by atoms with van der Waals surface area (Å²) in [6.07, 6.45) is -5.04. The molecule has 0 aliphatic carbocycles. The second-order valence-corrected chi connectivity index (χ2v) is 2.38. The molecule has 1 amide bonds. The third-order valence-electron chi connectivity index (χ3n) is 1.13. The Morgan fingerprint density at radius 3 is 2.38 bits per heavy atom. The molecule has 0 spiro atoms. The molecule has 0 bridgehead atoms. The van der Waals surface area contributed by atoms with Crippen molar-refractivity contribution in [1.82, 2.24) is 10.6 Å². The van der Waals surface area contributed by atoms with E-state index in [1.54, 1.807) is 0 Å². The van der Waals surface area contributed by atoms with Gasteiger partial charge in [0.25, 0.3) is 0 Å². The van der Waals surface area contributed by atoms with E-state index in [0.717, 1.165) is 0 Å². The Morgan fingerprint density at radius 1 is 1.31 bits per heavy atom. The van der Waals surface area contributed by atoms with E-state index in [9.17, 15) is 18.0 Å². The molecule has 0 heterocycles. The highest BCUT2D eigenvalue weighted by molar-refractivity contribution is 5.64. The lowest BCUT2D eigenvalue weighted by molar-refractivity contribution is -0.124. The Bertz CT molecular complexity index is 160. The minimum absolute atomic E-state index is 0.139. The highest BCUT2D eigenvalue weighted by Crippen LogP contribution is 2.11. The topological polar surface area (TPSA) is 61.4 Å². The molecule has 0 aromatic rings. The van der Waals surface area contributed by atoms with E-state index in [4.69, 9.17) is 5.11 Å². The molecule has 7 heteroatoms. The van der Waals surface area contributed by atoms with Gasteiger partial charge in [0.15, 0.2) is 0 Å². The molecular weight excluding hydrogens is 189 g/mol. The molecule has 3 N–H and O–H groups in total. The first kappa shape index (κ1) is 12.0. The number of hydrogen-bond donors (Lipinski definition) is 3. The second kappa shape index (κ2) is 5.63. The van der Waals surface area contributed by atoms with Crippen LogP contribution in [0.1, 0.15) is 6.42 Å². The van der Waals surface area contributed by atoms with E-state index >= 15 is 0 Å². The SMILES string of the molecule is O=C(O)NCCCNCC(F)(F)F. The van der Waals surface area contributed by atoms with Crippen molar-refractivity contribution in [3.8, 4) is 0 Å². The largest absolute Gasteiger partial charge is 0.465 e. The molecule has 0 saturated heterocycles. The van der Waals surface area contributed by atoms with Gasteiger partial charge in [0.05, 0.1) is 6.54 Å². The van der Waals surface area contributed by atoms with E-state index in [1.165, 1.54) is 0 Å². The van der Waals surface area contributed by atoms with Gasteiger partial charge in [0.1, 0.15) is 0 Å². The molecule has 13 heavy (non-hydrogen) atoms. The summed E-state index contributed by atoms with van der Waals surface area (Å²) in [7, 11) is 0. The van der Waals surface area contributed by atoms with Crippen LogP contribution >= 0.6 is 0 Å². The third kappa shape index (κ3) is 11.0. The molecule has 0 atom stereocenters. The zero-order chi connectivity index (χ0) is 10.3. The van der Waals surface area contributed by atoms with Crippen LogP contribution < -0.4 is 10.6 Å². The lowest BCUT2D eigenvalue weighted by atomic mass is 10.4. The monoisotopic (exact) mass is 200 g/mol. The van der Waals surface area contributed by atoms with Gasteiger partial charge in [-0.1, -0.05) is 0 Å². The minimum Gasteiger partial charge on any atom is -0.465 e. The van der Waals surface area contributed by atoms with Crippen LogP contribution in [-0.4, -0.2) is 37.0 Å². The first-order valence-electron chi connectivity index (χ1n) is 3.66. The van der Waals surface area contributed by atoms with Gasteiger partial charge in [-0.25, -0.2) is 4.79 Å². The summed E-state index contributed by atoms with van der Waals surface area (Å²) in [4.78, 5) is 9.88. The second-order valence-electron chi connectivity index (χ2n) is 2.38. The number of rotatable bonds is 5. The lowest BCUT2D eigenvalue weighted by Gasteiger charge is -2.07. The van der Waals surface area contributed by atoms with Crippen LogP contribution in [0.4, 0.5) is 18.0 Å². The summed E-state index contributed by atoms with van der Waals surface area (Å²) in [6, 6.07) is 0. The van der Waals surface area contributed by atoms with Crippen LogP contribution in [0.25, 0.3) is 0 Å². The Labute approximate surface area is 73.1 Å². The average Bonchev–Trinajstić information content (AvgIpc) is 1.93. The fraction of sp³-hybridized carbons (Fsp3) is 0.833. The summed E-state index contributed by atoms with van der Waals surface area (Å²) < 4.78 is 34.6. The Hall–Kier alpha value is -0.980. The highest BCUT2D eigenvalue weighted by atomic mass is 19.4. The van der Waals surface area contributed by atoms with Crippen LogP contribution in [0.2, 0.25) is 0 Å². The molecule has 0 unspecified atom stereocenters. The zero-order valence-electron chi connectivity index (χ0n) is 6.82. The van der Waals surface area contributed by atoms with E-state index in [0.29, 0.717) is 6.42 Å². The van der Waals surface area contributed by atoms with Gasteiger partial charge in [-0.2, -0.15) is 13.2 Å². The van der Waals surface area contributed by atoms with Crippen molar-refractivity contribution in [3.05, 3.63) is 0 Å². The number of amides is 1. The lowest BCUT2D eigenvalue weighted by Crippen LogP contribution is -2.31. The average molecular weight is 200 g/mol. The zero-order valence-corrected chi connectivity index (χ0v) is 6.82. The Balaban J connectivity index is 3.13. The Morgan fingerprint density at radius 2 is 1.92 bits per heavy atom. The summed E-state index contributed by atoms with van der Waals surface area (Å²) in [6.45, 7) is -0.750. The fourth-order valence-electron chi connectivity index (χ4n) is 0.639. The number of halogens is 3. The molecule has 0 aromatic carbocycles. The highest BCUT2D eigenvalue weighted by Gasteiger charge is 2.25. The quantitative estimate of drug-likeness (QED) is 0.575. The predicted octanol–water partition coefficient (Wildman–Crippen LogP) is 0.796. The number of nitrogens with one attached hydrogen (secondary N) is 2. The van der Waals surface area contributed by atoms with Crippen LogP contribution in [0, 0.1) is 0 Å². The van der Waals surface area contributed by atoms with E-state index < -0.39 is 18.8 Å². The smallest absolute Gasteiger partial charge is 0.404 e. The number of carbonyl (C=O) groups is 1. The molecule has 0 fully saturated rings. The van der Waals surface area contributed by atoms with E-state index in [2.05, 4.69) is 5.32 Å². The first-order chi connectivity index (χ1) is 5.92. The van der Waals surface area contributed by atoms with Crippen molar-refractivity contribution in [2.75, 3.05) is 19.6 Å². The molecule has 4 nitrogen and oxygen atoms in total. The molecule has 0 saturated carbocycles. The van der Waals surface area contributed by atoms with Crippen molar-refractivity contribution in [2.24, 2.45) is 0 Å². The van der Waals surface area contributed by atoms with Gasteiger partial charge in [0.2, 0.25) is 0 Å². The summed E-state index contributed by atoms with van der Waals surface area (Å²) >= 11 is 0. The number of hydrogen-bond acceptors (Lipinski definition) is 2. The van der Waals surface area contributed by atoms with Crippen molar-refractivity contribution in [1.29, 1.82) is 0 Å². The maximum atomic E-state index is 11.5. The molecule has 78 valence electrons. The predicted molar refractivity (Wildman–Crippen MR) is 39.6 cm³/mol. The number of carboxylic acid groups (broad SMARTS) is 1. The molecule has 0 aliphatic heterocycles. The first-order valence-corrected chi connectivity index (χ1v) is 3.66. The van der Waals surface area contributed by atoms with Crippen molar-refractivity contribution >= 4 is 6.09 Å². The molecular formula is C6H11F3N2O2. The van der Waals surface area contributed by atoms with Gasteiger partial charge in [-0.15, -0.1) is 0 Å². The maximum absolute atomic E-state index is 11.5. The van der Waals surface area contributed by atoms with Crippen molar-refractivity contribution in [2.45, 2.75) is 12.6 Å². The van der Waals surface area contributed by atoms with Crippen molar-refractivity contribution in [3.63, 3.8) is 0 Å². The van der Waals surface area contributed by atoms with E-state index in [1.807, 2.05) is 5.32 Å². The normalized spacial score (nSPS) is 11.3. The number of alkyl halides is 3. The van der Waals surface area contributed by atoms with Gasteiger partial charge >= 0.3 is 12.3 Å². The summed E-state index contributed by atoms with van der Waals surface area (Å²) in [5.41, 5.74) is 0. The fourth-order valence-corrected chi connectivity index (χ4v) is 0.639. The van der Waals surface area contributed by atoms with Gasteiger partial charge in [-0.3, -0.25) is 0 Å². The van der Waals surface area contributed by atoms with Gasteiger partial charge in [0, 0.05) is 6.54 Å². The minimum atomic E-state index is -4.21. The third-order valence-corrected chi connectivity index (χ3v) is 1.13. The molecule has 0 aliphatic rings. The molecule has 0 aromatic heterocycles. The van der Waals surface area contributed by atoms with Gasteiger partial charge < -0.3 is 15.7 Å². The molecule has 0 rings (SSSR count). The summed E-state index contributed by atoms with van der Waals surface area (Å²) in [5.74, 6) is 0. The summed E-state index contributed by atoms with van der Waals surface area (Å²) in [5, 5.41) is 12.3. The van der Waals surface area contributed by atoms with Crippen LogP contribution in [0.15, 0.2) is 0 Å². The van der Waals surface area contributed by atoms with Crippen LogP contribution in [-0.2, 0) is 0 Å². The van der Waals surface area contributed by atoms with E-state index in [-0.39, 0.29) is 13.1 Å². The Kier molecular flexibility index (Phi) is 5.20. The van der Waals surface area contributed by atoms with Gasteiger partial charge in [-0.05, 0) is 13.0 Å². The standard InChI is InChI=1S/C6H11F3N2O2/c7-6(8,9)4-10-2-1-3-11-5(12)13/h10-11H,1-4H2,(H,12,13). The maximum Gasteiger partial charge on any atom is 0.404 e. The molecule has 0 radical (unpaired) electrons. The van der Waals surface area contributed by atoms with Crippen LogP contribution in [0.5, 0.6) is 0 Å².